The van der Waals surface area contributed by atoms with Crippen LogP contribution < -0.4 is 20.3 Å². The molecule has 10 nitrogen and oxygen atoms in total. The first-order valence-electron chi connectivity index (χ1n) is 12.3. The predicted molar refractivity (Wildman–Crippen MR) is 143 cm³/mol. The van der Waals surface area contributed by atoms with Gasteiger partial charge in [-0.2, -0.15) is 0 Å². The predicted octanol–water partition coefficient (Wildman–Crippen LogP) is 2.79. The van der Waals surface area contributed by atoms with Crippen LogP contribution in [0.3, 0.4) is 0 Å². The van der Waals surface area contributed by atoms with Gasteiger partial charge in [-0.3, -0.25) is 9.59 Å². The molecular weight excluding hydrogens is 470 g/mol. The maximum Gasteiger partial charge on any atom is 0.251 e. The van der Waals surface area contributed by atoms with E-state index >= 15 is 0 Å². The highest BCUT2D eigenvalue weighted by Gasteiger charge is 2.20. The monoisotopic (exact) mass is 503 g/mol. The number of carbonyl (C=O) groups excluding carboxylic acids is 2. The fraction of sp³-hybridized carbons (Fsp3) is 0.370. The molecule has 4 rings (SSSR count). The van der Waals surface area contributed by atoms with Crippen LogP contribution in [-0.4, -0.2) is 78.5 Å². The van der Waals surface area contributed by atoms with Crippen LogP contribution in [0.4, 0.5) is 11.6 Å². The van der Waals surface area contributed by atoms with E-state index in [1.807, 2.05) is 35.4 Å². The molecule has 1 fully saturated rings. The SMILES string of the molecule is CNC(=O)c1ccc(C(C)CNc2cc(-c3ccc(N4CCN(C(C)=O)CC4)nc3)ncn2)c(OC)c1. The van der Waals surface area contributed by atoms with Crippen LogP contribution in [0.25, 0.3) is 11.3 Å². The maximum absolute atomic E-state index is 11.9. The molecule has 1 saturated heterocycles. The quantitative estimate of drug-likeness (QED) is 0.483. The summed E-state index contributed by atoms with van der Waals surface area (Å²) in [5.41, 5.74) is 3.23. The molecule has 1 aliphatic rings. The lowest BCUT2D eigenvalue weighted by Crippen LogP contribution is -2.48. The van der Waals surface area contributed by atoms with Crippen molar-refractivity contribution in [2.45, 2.75) is 19.8 Å². The summed E-state index contributed by atoms with van der Waals surface area (Å²) in [6.45, 7) is 7.28. The van der Waals surface area contributed by atoms with E-state index in [0.717, 1.165) is 35.7 Å². The average molecular weight is 504 g/mol. The van der Waals surface area contributed by atoms with Crippen molar-refractivity contribution in [2.75, 3.05) is 57.1 Å². The molecule has 3 heterocycles. The molecule has 1 aliphatic heterocycles. The van der Waals surface area contributed by atoms with E-state index in [9.17, 15) is 9.59 Å². The molecule has 1 atom stereocenters. The first kappa shape index (κ1) is 25.9. The Morgan fingerprint density at radius 2 is 1.84 bits per heavy atom. The lowest BCUT2D eigenvalue weighted by atomic mass is 9.98. The lowest BCUT2D eigenvalue weighted by Gasteiger charge is -2.34. The summed E-state index contributed by atoms with van der Waals surface area (Å²) >= 11 is 0. The number of ether oxygens (including phenoxy) is 1. The number of piperazine rings is 1. The Balaban J connectivity index is 1.39. The van der Waals surface area contributed by atoms with Gasteiger partial charge in [0.05, 0.1) is 12.8 Å². The Bertz CT molecular complexity index is 1240. The lowest BCUT2D eigenvalue weighted by molar-refractivity contribution is -0.129. The maximum atomic E-state index is 11.9. The van der Waals surface area contributed by atoms with Crippen LogP contribution in [0.2, 0.25) is 0 Å². The molecule has 2 aromatic heterocycles. The number of hydrogen-bond acceptors (Lipinski definition) is 8. The average Bonchev–Trinajstić information content (AvgIpc) is 2.95. The normalized spacial score (nSPS) is 14.2. The zero-order valence-electron chi connectivity index (χ0n) is 21.7. The molecule has 1 aromatic carbocycles. The Morgan fingerprint density at radius 1 is 1.05 bits per heavy atom. The van der Waals surface area contributed by atoms with Crippen molar-refractivity contribution in [3.63, 3.8) is 0 Å². The van der Waals surface area contributed by atoms with Crippen molar-refractivity contribution in [2.24, 2.45) is 0 Å². The van der Waals surface area contributed by atoms with Gasteiger partial charge in [0.15, 0.2) is 0 Å². The van der Waals surface area contributed by atoms with Crippen molar-refractivity contribution >= 4 is 23.5 Å². The number of anilines is 2. The van der Waals surface area contributed by atoms with Crippen LogP contribution >= 0.6 is 0 Å². The zero-order valence-corrected chi connectivity index (χ0v) is 21.7. The topological polar surface area (TPSA) is 113 Å². The van der Waals surface area contributed by atoms with Gasteiger partial charge in [-0.1, -0.05) is 13.0 Å². The highest BCUT2D eigenvalue weighted by Crippen LogP contribution is 2.28. The summed E-state index contributed by atoms with van der Waals surface area (Å²) in [6, 6.07) is 11.4. The molecule has 3 aromatic rings. The van der Waals surface area contributed by atoms with Gasteiger partial charge < -0.3 is 25.2 Å². The molecule has 0 bridgehead atoms. The molecule has 0 spiro atoms. The van der Waals surface area contributed by atoms with E-state index in [-0.39, 0.29) is 17.7 Å². The highest BCUT2D eigenvalue weighted by molar-refractivity contribution is 5.94. The molecule has 2 N–H and O–H groups in total. The second kappa shape index (κ2) is 11.7. The molecule has 10 heteroatoms. The number of rotatable bonds is 8. The van der Waals surface area contributed by atoms with Crippen molar-refractivity contribution in [1.82, 2.24) is 25.2 Å². The number of carbonyl (C=O) groups is 2. The van der Waals surface area contributed by atoms with Gasteiger partial charge in [-0.05, 0) is 29.8 Å². The number of pyridine rings is 1. The number of nitrogens with one attached hydrogen (secondary N) is 2. The minimum absolute atomic E-state index is 0.108. The molecular formula is C27H33N7O3. The third kappa shape index (κ3) is 6.14. The van der Waals surface area contributed by atoms with E-state index in [1.54, 1.807) is 33.2 Å². The van der Waals surface area contributed by atoms with Crippen LogP contribution in [0.1, 0.15) is 35.7 Å². The number of amides is 2. The number of hydrogen-bond donors (Lipinski definition) is 2. The minimum atomic E-state index is -0.151. The summed E-state index contributed by atoms with van der Waals surface area (Å²) < 4.78 is 5.54. The molecule has 0 aliphatic carbocycles. The largest absolute Gasteiger partial charge is 0.496 e. The molecule has 1 unspecified atom stereocenters. The number of aromatic nitrogens is 3. The van der Waals surface area contributed by atoms with Crippen molar-refractivity contribution in [3.8, 4) is 17.0 Å². The smallest absolute Gasteiger partial charge is 0.251 e. The van der Waals surface area contributed by atoms with Crippen molar-refractivity contribution in [3.05, 3.63) is 60.0 Å². The van der Waals surface area contributed by atoms with Gasteiger partial charge in [-0.25, -0.2) is 15.0 Å². The van der Waals surface area contributed by atoms with Gasteiger partial charge in [0, 0.05) is 76.0 Å². The summed E-state index contributed by atoms with van der Waals surface area (Å²) in [7, 11) is 3.21. The van der Waals surface area contributed by atoms with E-state index in [4.69, 9.17) is 4.74 Å². The highest BCUT2D eigenvalue weighted by atomic mass is 16.5. The van der Waals surface area contributed by atoms with Gasteiger partial charge in [0.1, 0.15) is 23.7 Å². The van der Waals surface area contributed by atoms with Crippen LogP contribution in [0.15, 0.2) is 48.9 Å². The molecule has 0 radical (unpaired) electrons. The van der Waals surface area contributed by atoms with Gasteiger partial charge in [0.2, 0.25) is 5.91 Å². The van der Waals surface area contributed by atoms with Crippen molar-refractivity contribution < 1.29 is 14.3 Å². The standard InChI is InChI=1S/C27H33N7O3/c1-18(22-7-5-20(27(36)28-3)13-24(22)37-4)15-29-25-14-23(31-17-32-25)21-6-8-26(30-16-21)34-11-9-33(10-12-34)19(2)35/h5-8,13-14,16-18H,9-12,15H2,1-4H3,(H,28,36)(H,29,31,32). The van der Waals surface area contributed by atoms with Gasteiger partial charge in [-0.15, -0.1) is 0 Å². The summed E-state index contributed by atoms with van der Waals surface area (Å²) in [5.74, 6) is 2.35. The van der Waals surface area contributed by atoms with Crippen LogP contribution in [0, 0.1) is 0 Å². The third-order valence-electron chi connectivity index (χ3n) is 6.60. The van der Waals surface area contributed by atoms with E-state index in [0.29, 0.717) is 36.8 Å². The first-order chi connectivity index (χ1) is 17.9. The van der Waals surface area contributed by atoms with Crippen LogP contribution in [0.5, 0.6) is 5.75 Å². The third-order valence-corrected chi connectivity index (χ3v) is 6.60. The minimum Gasteiger partial charge on any atom is -0.496 e. The second-order valence-corrected chi connectivity index (χ2v) is 9.00. The summed E-state index contributed by atoms with van der Waals surface area (Å²) in [6.07, 6.45) is 3.36. The number of nitrogens with zero attached hydrogens (tertiary/aromatic N) is 5. The first-order valence-corrected chi connectivity index (χ1v) is 12.3. The van der Waals surface area contributed by atoms with Crippen LogP contribution in [-0.2, 0) is 4.79 Å². The van der Waals surface area contributed by atoms with E-state index in [1.165, 1.54) is 6.33 Å². The Hall–Kier alpha value is -4.21. The fourth-order valence-corrected chi connectivity index (χ4v) is 4.36. The summed E-state index contributed by atoms with van der Waals surface area (Å²) in [5, 5.41) is 6.01. The fourth-order valence-electron chi connectivity index (χ4n) is 4.36. The Morgan fingerprint density at radius 3 is 2.49 bits per heavy atom. The molecule has 37 heavy (non-hydrogen) atoms. The Kier molecular flexibility index (Phi) is 8.17. The van der Waals surface area contributed by atoms with Gasteiger partial charge in [0.25, 0.3) is 5.91 Å². The van der Waals surface area contributed by atoms with Gasteiger partial charge >= 0.3 is 0 Å². The summed E-state index contributed by atoms with van der Waals surface area (Å²) in [4.78, 5) is 41.0. The number of benzene rings is 1. The molecule has 0 saturated carbocycles. The second-order valence-electron chi connectivity index (χ2n) is 9.00. The van der Waals surface area contributed by atoms with E-state index in [2.05, 4.69) is 37.4 Å². The molecule has 2 amide bonds. The van der Waals surface area contributed by atoms with E-state index < -0.39 is 0 Å². The number of methoxy groups -OCH3 is 1. The van der Waals surface area contributed by atoms with Crippen molar-refractivity contribution in [1.29, 1.82) is 0 Å². The zero-order chi connectivity index (χ0) is 26.4. The molecule has 194 valence electrons. The Labute approximate surface area is 217 Å².